The van der Waals surface area contributed by atoms with Gasteiger partial charge in [0.25, 0.3) is 0 Å². The summed E-state index contributed by atoms with van der Waals surface area (Å²) >= 11 is 6.08. The van der Waals surface area contributed by atoms with Crippen molar-refractivity contribution in [2.24, 2.45) is 0 Å². The van der Waals surface area contributed by atoms with E-state index in [4.69, 9.17) is 16.0 Å². The van der Waals surface area contributed by atoms with E-state index in [2.05, 4.69) is 11.9 Å². The molecule has 2 aromatic rings. The molecule has 1 amide bonds. The van der Waals surface area contributed by atoms with Crippen LogP contribution in [0.15, 0.2) is 35.5 Å². The normalized spacial score (nSPS) is 10.6. The zero-order chi connectivity index (χ0) is 13.1. The first-order chi connectivity index (χ1) is 8.61. The van der Waals surface area contributed by atoms with Crippen LogP contribution in [-0.4, -0.2) is 12.5 Å². The lowest BCUT2D eigenvalue weighted by molar-refractivity contribution is -0.120. The molecular weight excluding hydrogens is 250 g/mol. The van der Waals surface area contributed by atoms with Crippen molar-refractivity contribution in [3.8, 4) is 0 Å². The lowest BCUT2D eigenvalue weighted by Gasteiger charge is -2.01. The molecule has 1 heterocycles. The number of hydrogen-bond donors (Lipinski definition) is 1. The van der Waals surface area contributed by atoms with Crippen molar-refractivity contribution >= 4 is 28.5 Å². The zero-order valence-corrected chi connectivity index (χ0v) is 10.9. The minimum Gasteiger partial charge on any atom is -0.464 e. The highest BCUT2D eigenvalue weighted by molar-refractivity contribution is 6.32. The van der Waals surface area contributed by atoms with E-state index in [-0.39, 0.29) is 12.3 Å². The van der Waals surface area contributed by atoms with Gasteiger partial charge in [0, 0.05) is 22.5 Å². The smallest absolute Gasteiger partial charge is 0.224 e. The number of carbonyl (C=O) groups is 1. The summed E-state index contributed by atoms with van der Waals surface area (Å²) in [5.74, 6) is -0.0608. The number of furan rings is 1. The van der Waals surface area contributed by atoms with Crippen LogP contribution >= 0.6 is 11.6 Å². The third-order valence-electron chi connectivity index (χ3n) is 2.73. The topological polar surface area (TPSA) is 42.2 Å². The van der Waals surface area contributed by atoms with E-state index in [1.165, 1.54) is 0 Å². The number of halogens is 1. The Balaban J connectivity index is 2.26. The molecule has 0 aliphatic rings. The molecule has 2 rings (SSSR count). The van der Waals surface area contributed by atoms with E-state index in [1.54, 1.807) is 12.3 Å². The molecule has 18 heavy (non-hydrogen) atoms. The maximum absolute atomic E-state index is 11.6. The average Bonchev–Trinajstić information content (AvgIpc) is 2.70. The van der Waals surface area contributed by atoms with E-state index in [1.807, 2.05) is 19.1 Å². The monoisotopic (exact) mass is 263 g/mol. The fourth-order valence-electron chi connectivity index (χ4n) is 1.76. The van der Waals surface area contributed by atoms with Crippen molar-refractivity contribution in [2.75, 3.05) is 6.54 Å². The Bertz CT molecular complexity index is 601. The first kappa shape index (κ1) is 12.7. The zero-order valence-electron chi connectivity index (χ0n) is 10.1. The quantitative estimate of drug-likeness (QED) is 0.861. The summed E-state index contributed by atoms with van der Waals surface area (Å²) in [6, 6.07) is 3.72. The van der Waals surface area contributed by atoms with E-state index in [9.17, 15) is 4.79 Å². The summed E-state index contributed by atoms with van der Waals surface area (Å²) in [6.07, 6.45) is 3.53. The third-order valence-corrected chi connectivity index (χ3v) is 3.14. The van der Waals surface area contributed by atoms with Crippen LogP contribution in [0.5, 0.6) is 0 Å². The van der Waals surface area contributed by atoms with Crippen molar-refractivity contribution in [1.82, 2.24) is 5.32 Å². The Morgan fingerprint density at radius 2 is 2.33 bits per heavy atom. The van der Waals surface area contributed by atoms with Gasteiger partial charge in [0.1, 0.15) is 5.58 Å². The number of fused-ring (bicyclic) bond motifs is 1. The Kier molecular flexibility index (Phi) is 3.72. The van der Waals surface area contributed by atoms with E-state index in [0.29, 0.717) is 11.6 Å². The van der Waals surface area contributed by atoms with Gasteiger partial charge in [-0.1, -0.05) is 17.7 Å². The van der Waals surface area contributed by atoms with Crippen LogP contribution in [0.4, 0.5) is 0 Å². The molecule has 0 atom stereocenters. The standard InChI is InChI=1S/C14H14ClNO2/c1-3-4-16-14(17)6-10-8-18-13-5-9(2)12(15)7-11(10)13/h3,5,7-8H,1,4,6H2,2H3,(H,16,17). The number of benzene rings is 1. The number of rotatable bonds is 4. The second-order valence-corrected chi connectivity index (χ2v) is 4.54. The van der Waals surface area contributed by atoms with E-state index >= 15 is 0 Å². The van der Waals surface area contributed by atoms with Crippen molar-refractivity contribution in [3.05, 3.63) is 47.2 Å². The van der Waals surface area contributed by atoms with Crippen molar-refractivity contribution in [3.63, 3.8) is 0 Å². The van der Waals surface area contributed by atoms with Crippen LogP contribution in [0.25, 0.3) is 11.0 Å². The molecule has 4 heteroatoms. The molecule has 1 aromatic heterocycles. The van der Waals surface area contributed by atoms with Gasteiger partial charge >= 0.3 is 0 Å². The molecule has 0 bridgehead atoms. The van der Waals surface area contributed by atoms with Gasteiger partial charge in [-0.25, -0.2) is 0 Å². The first-order valence-electron chi connectivity index (χ1n) is 5.65. The minimum atomic E-state index is -0.0608. The van der Waals surface area contributed by atoms with Gasteiger partial charge in [-0.05, 0) is 24.6 Å². The molecule has 0 aliphatic heterocycles. The molecule has 0 aliphatic carbocycles. The number of amides is 1. The highest BCUT2D eigenvalue weighted by atomic mass is 35.5. The van der Waals surface area contributed by atoms with Gasteiger partial charge in [0.2, 0.25) is 5.91 Å². The summed E-state index contributed by atoms with van der Waals surface area (Å²) in [6.45, 7) is 5.93. The average molecular weight is 264 g/mol. The Hall–Kier alpha value is -1.74. The minimum absolute atomic E-state index is 0.0608. The van der Waals surface area contributed by atoms with Crippen LogP contribution in [0.1, 0.15) is 11.1 Å². The van der Waals surface area contributed by atoms with E-state index in [0.717, 1.165) is 22.1 Å². The fraction of sp³-hybridized carbons (Fsp3) is 0.214. The molecule has 0 saturated heterocycles. The molecular formula is C14H14ClNO2. The predicted molar refractivity (Wildman–Crippen MR) is 72.9 cm³/mol. The summed E-state index contributed by atoms with van der Waals surface area (Å²) < 4.78 is 5.43. The van der Waals surface area contributed by atoms with Crippen LogP contribution in [0, 0.1) is 6.92 Å². The van der Waals surface area contributed by atoms with Crippen LogP contribution in [-0.2, 0) is 11.2 Å². The number of hydrogen-bond acceptors (Lipinski definition) is 2. The van der Waals surface area contributed by atoms with Crippen molar-refractivity contribution in [2.45, 2.75) is 13.3 Å². The molecule has 1 aromatic carbocycles. The number of aryl methyl sites for hydroxylation is 1. The first-order valence-corrected chi connectivity index (χ1v) is 6.03. The van der Waals surface area contributed by atoms with Crippen LogP contribution in [0.3, 0.4) is 0 Å². The molecule has 94 valence electrons. The number of carbonyl (C=O) groups excluding carboxylic acids is 1. The van der Waals surface area contributed by atoms with Gasteiger partial charge in [0.15, 0.2) is 0 Å². The maximum Gasteiger partial charge on any atom is 0.224 e. The Labute approximate surface area is 110 Å². The molecule has 3 nitrogen and oxygen atoms in total. The highest BCUT2D eigenvalue weighted by Gasteiger charge is 2.11. The molecule has 0 unspecified atom stereocenters. The molecule has 0 spiro atoms. The van der Waals surface area contributed by atoms with Gasteiger partial charge in [-0.15, -0.1) is 6.58 Å². The van der Waals surface area contributed by atoms with Gasteiger partial charge < -0.3 is 9.73 Å². The number of nitrogens with one attached hydrogen (secondary N) is 1. The summed E-state index contributed by atoms with van der Waals surface area (Å²) in [7, 11) is 0. The molecule has 0 radical (unpaired) electrons. The van der Waals surface area contributed by atoms with Crippen molar-refractivity contribution < 1.29 is 9.21 Å². The largest absolute Gasteiger partial charge is 0.464 e. The van der Waals surface area contributed by atoms with Gasteiger partial charge in [-0.2, -0.15) is 0 Å². The third kappa shape index (κ3) is 2.57. The SMILES string of the molecule is C=CCNC(=O)Cc1coc2cc(C)c(Cl)cc12. The molecule has 0 fully saturated rings. The Morgan fingerprint density at radius 3 is 3.06 bits per heavy atom. The van der Waals surface area contributed by atoms with Crippen molar-refractivity contribution in [1.29, 1.82) is 0 Å². The van der Waals surface area contributed by atoms with E-state index < -0.39 is 0 Å². The lowest BCUT2D eigenvalue weighted by Crippen LogP contribution is -2.24. The molecule has 0 saturated carbocycles. The second kappa shape index (κ2) is 5.27. The maximum atomic E-state index is 11.6. The van der Waals surface area contributed by atoms with Gasteiger partial charge in [-0.3, -0.25) is 4.79 Å². The second-order valence-electron chi connectivity index (χ2n) is 4.13. The Morgan fingerprint density at radius 1 is 1.56 bits per heavy atom. The predicted octanol–water partition coefficient (Wildman–Crippen LogP) is 3.24. The highest BCUT2D eigenvalue weighted by Crippen LogP contribution is 2.27. The molecule has 1 N–H and O–H groups in total. The van der Waals surface area contributed by atoms with Crippen LogP contribution < -0.4 is 5.32 Å². The summed E-state index contributed by atoms with van der Waals surface area (Å²) in [5.41, 5.74) is 2.55. The van der Waals surface area contributed by atoms with Crippen LogP contribution in [0.2, 0.25) is 5.02 Å². The van der Waals surface area contributed by atoms with Gasteiger partial charge in [0.05, 0.1) is 12.7 Å². The summed E-state index contributed by atoms with van der Waals surface area (Å²) in [5, 5.41) is 4.30. The lowest BCUT2D eigenvalue weighted by atomic mass is 10.1. The fourth-order valence-corrected chi connectivity index (χ4v) is 1.92. The summed E-state index contributed by atoms with van der Waals surface area (Å²) in [4.78, 5) is 11.6.